The molecule has 0 fully saturated rings. The number of fused-ring (bicyclic) bond motifs is 1. The zero-order chi connectivity index (χ0) is 23.7. The molecule has 12 heteroatoms. The van der Waals surface area contributed by atoms with Crippen LogP contribution in [-0.2, 0) is 25.7 Å². The van der Waals surface area contributed by atoms with E-state index in [1.807, 2.05) is 12.1 Å². The molecule has 0 bridgehead atoms. The monoisotopic (exact) mass is 465 g/mol. The second-order valence-corrected chi connectivity index (χ2v) is 7.65. The number of rotatable bonds is 5. The predicted molar refractivity (Wildman–Crippen MR) is 115 cm³/mol. The van der Waals surface area contributed by atoms with Gasteiger partial charge < -0.3 is 10.6 Å². The van der Waals surface area contributed by atoms with Crippen LogP contribution in [0.4, 0.5) is 18.9 Å². The van der Waals surface area contributed by atoms with Crippen molar-refractivity contribution in [2.24, 2.45) is 0 Å². The van der Waals surface area contributed by atoms with E-state index in [4.69, 9.17) is 0 Å². The third-order valence-electron chi connectivity index (χ3n) is 5.54. The van der Waals surface area contributed by atoms with Gasteiger partial charge in [-0.3, -0.25) is 0 Å². The molecule has 34 heavy (non-hydrogen) atoms. The summed E-state index contributed by atoms with van der Waals surface area (Å²) in [5.41, 5.74) is 1.97. The first kappa shape index (κ1) is 21.6. The van der Waals surface area contributed by atoms with Crippen LogP contribution in [0.15, 0.2) is 49.1 Å². The van der Waals surface area contributed by atoms with E-state index in [1.165, 1.54) is 35.7 Å². The smallest absolute Gasteiger partial charge is 0.380 e. The van der Waals surface area contributed by atoms with Crippen LogP contribution in [0.25, 0.3) is 11.5 Å². The van der Waals surface area contributed by atoms with Gasteiger partial charge in [0.1, 0.15) is 11.6 Å². The van der Waals surface area contributed by atoms with Crippen LogP contribution in [0.5, 0.6) is 0 Å². The zero-order valence-electron chi connectivity index (χ0n) is 17.7. The first-order valence-corrected chi connectivity index (χ1v) is 10.4. The van der Waals surface area contributed by atoms with Crippen LogP contribution in [0.1, 0.15) is 27.9 Å². The second-order valence-electron chi connectivity index (χ2n) is 7.65. The quantitative estimate of drug-likeness (QED) is 0.466. The summed E-state index contributed by atoms with van der Waals surface area (Å²) in [5.74, 6) is 0.227. The highest BCUT2D eigenvalue weighted by Crippen LogP contribution is 2.35. The van der Waals surface area contributed by atoms with Crippen molar-refractivity contribution in [3.8, 4) is 17.6 Å². The summed E-state index contributed by atoms with van der Waals surface area (Å²) in [4.78, 5) is 5.38. The summed E-state index contributed by atoms with van der Waals surface area (Å²) in [7, 11) is 0. The van der Waals surface area contributed by atoms with E-state index in [9.17, 15) is 18.4 Å². The number of nitriles is 1. The highest BCUT2D eigenvalue weighted by Gasteiger charge is 2.39. The molecule has 1 aromatic carbocycles. The van der Waals surface area contributed by atoms with Crippen molar-refractivity contribution in [3.63, 3.8) is 0 Å². The van der Waals surface area contributed by atoms with E-state index < -0.39 is 11.9 Å². The minimum Gasteiger partial charge on any atom is -0.380 e. The van der Waals surface area contributed by atoms with E-state index in [0.717, 1.165) is 15.8 Å². The number of hydrogen-bond donors (Lipinski definition) is 2. The van der Waals surface area contributed by atoms with Gasteiger partial charge in [0.15, 0.2) is 11.5 Å². The van der Waals surface area contributed by atoms with E-state index in [2.05, 4.69) is 30.9 Å². The molecule has 0 unspecified atom stereocenters. The van der Waals surface area contributed by atoms with Gasteiger partial charge in [0.25, 0.3) is 0 Å². The molecule has 3 aromatic heterocycles. The van der Waals surface area contributed by atoms with Gasteiger partial charge in [-0.1, -0.05) is 12.1 Å². The summed E-state index contributed by atoms with van der Waals surface area (Å²) in [6, 6.07) is 8.81. The molecule has 0 saturated heterocycles. The third kappa shape index (κ3) is 3.97. The lowest BCUT2D eigenvalue weighted by Crippen LogP contribution is -2.26. The normalized spacial score (nSPS) is 13.4. The molecule has 0 aliphatic carbocycles. The van der Waals surface area contributed by atoms with Crippen molar-refractivity contribution < 1.29 is 13.2 Å². The topological polar surface area (TPSA) is 109 Å². The van der Waals surface area contributed by atoms with Crippen molar-refractivity contribution in [2.45, 2.75) is 25.7 Å². The molecule has 2 N–H and O–H groups in total. The molecule has 1 aliphatic rings. The first-order chi connectivity index (χ1) is 16.5. The average molecular weight is 465 g/mol. The van der Waals surface area contributed by atoms with Crippen molar-refractivity contribution >= 4 is 5.69 Å². The van der Waals surface area contributed by atoms with Crippen LogP contribution in [0.2, 0.25) is 0 Å². The number of aromatic nitrogens is 6. The molecule has 9 nitrogen and oxygen atoms in total. The van der Waals surface area contributed by atoms with Gasteiger partial charge in [-0.2, -0.15) is 33.7 Å². The number of alkyl halides is 3. The van der Waals surface area contributed by atoms with E-state index in [1.54, 1.807) is 12.1 Å². The molecule has 1 aliphatic heterocycles. The molecule has 0 amide bonds. The van der Waals surface area contributed by atoms with E-state index in [0.29, 0.717) is 30.9 Å². The zero-order valence-corrected chi connectivity index (χ0v) is 17.7. The van der Waals surface area contributed by atoms with Gasteiger partial charge in [0.05, 0.1) is 36.2 Å². The summed E-state index contributed by atoms with van der Waals surface area (Å²) in [6.07, 6.45) is 1.54. The Balaban J connectivity index is 1.46. The number of nitrogens with zero attached hydrogens (tertiary/aromatic N) is 7. The largest absolute Gasteiger partial charge is 0.433 e. The highest BCUT2D eigenvalue weighted by molar-refractivity contribution is 5.54. The van der Waals surface area contributed by atoms with Crippen LogP contribution in [-0.4, -0.2) is 36.3 Å². The van der Waals surface area contributed by atoms with Crippen molar-refractivity contribution in [3.05, 3.63) is 77.0 Å². The van der Waals surface area contributed by atoms with Crippen molar-refractivity contribution in [1.29, 1.82) is 5.26 Å². The Labute approximate surface area is 191 Å². The summed E-state index contributed by atoms with van der Waals surface area (Å²) in [5, 5.41) is 27.6. The maximum absolute atomic E-state index is 14.1. The Bertz CT molecular complexity index is 1370. The van der Waals surface area contributed by atoms with E-state index >= 15 is 0 Å². The first-order valence-electron chi connectivity index (χ1n) is 10.4. The number of hydrogen-bond acceptors (Lipinski definition) is 7. The molecular weight excluding hydrogens is 447 g/mol. The lowest BCUT2D eigenvalue weighted by atomic mass is 9.99. The maximum Gasteiger partial charge on any atom is 0.433 e. The Hall–Kier alpha value is -4.24. The fourth-order valence-corrected chi connectivity index (χ4v) is 4.02. The number of pyridine rings is 1. The van der Waals surface area contributed by atoms with Crippen molar-refractivity contribution in [1.82, 2.24) is 35.1 Å². The molecule has 172 valence electrons. The molecule has 0 atom stereocenters. The Morgan fingerprint density at radius 3 is 2.74 bits per heavy atom. The number of benzene rings is 1. The van der Waals surface area contributed by atoms with Gasteiger partial charge in [-0.05, 0) is 36.2 Å². The molecule has 4 aromatic rings. The lowest BCUT2D eigenvalue weighted by molar-refractivity contribution is -0.143. The second kappa shape index (κ2) is 8.60. The Morgan fingerprint density at radius 1 is 1.15 bits per heavy atom. The maximum atomic E-state index is 14.1. The van der Waals surface area contributed by atoms with Crippen molar-refractivity contribution in [2.75, 3.05) is 11.9 Å². The number of halogens is 3. The fraction of sp³-hybridized carbons (Fsp3) is 0.227. The number of anilines is 1. The summed E-state index contributed by atoms with van der Waals surface area (Å²) >= 11 is 0. The number of nitrogens with one attached hydrogen (secondary N) is 2. The minimum atomic E-state index is -4.62. The molecule has 5 rings (SSSR count). The SMILES string of the molecule is N#Cc1cc(NCc2cnn(-c3cccc4c3CCNC4)c2C(F)(F)F)cnc1-n1nccn1. The summed E-state index contributed by atoms with van der Waals surface area (Å²) in [6.45, 7) is 1.15. The Kier molecular flexibility index (Phi) is 5.46. The molecule has 0 saturated carbocycles. The third-order valence-corrected chi connectivity index (χ3v) is 5.54. The standard InChI is InChI=1S/C22H18F3N9/c23-22(24,25)20-16(12-32-33(20)19-3-1-2-14-10-27-5-4-18(14)19)11-28-17-8-15(9-26)21(29-13-17)34-30-6-7-31-34/h1-3,6-8,12-13,27-28H,4-5,10-11H2. The lowest BCUT2D eigenvalue weighted by Gasteiger charge is -2.22. The van der Waals surface area contributed by atoms with Gasteiger partial charge in [-0.25, -0.2) is 9.67 Å². The van der Waals surface area contributed by atoms with Gasteiger partial charge >= 0.3 is 6.18 Å². The summed E-state index contributed by atoms with van der Waals surface area (Å²) < 4.78 is 43.4. The van der Waals surface area contributed by atoms with E-state index in [-0.39, 0.29) is 23.5 Å². The molecule has 0 spiro atoms. The van der Waals surface area contributed by atoms with Crippen LogP contribution < -0.4 is 10.6 Å². The molecular formula is C22H18F3N9. The van der Waals surface area contributed by atoms with Gasteiger partial charge in [0, 0.05) is 18.7 Å². The predicted octanol–water partition coefficient (Wildman–Crippen LogP) is 3.00. The average Bonchev–Trinajstić information content (AvgIpc) is 3.52. The van der Waals surface area contributed by atoms with Crippen LogP contribution in [0, 0.1) is 11.3 Å². The van der Waals surface area contributed by atoms with Crippen LogP contribution >= 0.6 is 0 Å². The Morgan fingerprint density at radius 2 is 1.97 bits per heavy atom. The molecule has 4 heterocycles. The van der Waals surface area contributed by atoms with Gasteiger partial charge in [0.2, 0.25) is 0 Å². The highest BCUT2D eigenvalue weighted by atomic mass is 19.4. The fourth-order valence-electron chi connectivity index (χ4n) is 4.02. The minimum absolute atomic E-state index is 0.0182. The molecule has 0 radical (unpaired) electrons. The van der Waals surface area contributed by atoms with Crippen LogP contribution in [0.3, 0.4) is 0 Å². The van der Waals surface area contributed by atoms with Gasteiger partial charge in [-0.15, -0.1) is 4.80 Å².